The Morgan fingerprint density at radius 1 is 1.60 bits per heavy atom. The van der Waals surface area contributed by atoms with Gasteiger partial charge in [-0.3, -0.25) is 11.3 Å². The quantitative estimate of drug-likeness (QED) is 0.529. The third kappa shape index (κ3) is 3.68. The fraction of sp³-hybridized carbons (Fsp3) is 0.900. The summed E-state index contributed by atoms with van der Waals surface area (Å²) in [6.45, 7) is 7.01. The van der Waals surface area contributed by atoms with E-state index in [0.717, 1.165) is 19.4 Å². The first-order valence-electron chi connectivity index (χ1n) is 5.37. The van der Waals surface area contributed by atoms with E-state index in [1.165, 1.54) is 0 Å². The van der Waals surface area contributed by atoms with Crippen LogP contribution in [-0.4, -0.2) is 35.7 Å². The van der Waals surface area contributed by atoms with Gasteiger partial charge in [0.25, 0.3) is 0 Å². The van der Waals surface area contributed by atoms with Crippen molar-refractivity contribution in [3.8, 4) is 0 Å². The summed E-state index contributed by atoms with van der Waals surface area (Å²) < 4.78 is 5.32. The predicted octanol–water partition coefficient (Wildman–Crippen LogP) is 0.849. The number of carbonyl (C=O) groups is 1. The van der Waals surface area contributed by atoms with Crippen LogP contribution in [0.25, 0.3) is 0 Å². The van der Waals surface area contributed by atoms with Crippen molar-refractivity contribution < 1.29 is 9.53 Å². The smallest absolute Gasteiger partial charge is 0.410 e. The molecule has 15 heavy (non-hydrogen) atoms. The number of hydrogen-bond donors (Lipinski definition) is 2. The van der Waals surface area contributed by atoms with Crippen LogP contribution < -0.4 is 11.3 Å². The van der Waals surface area contributed by atoms with Gasteiger partial charge in [-0.2, -0.15) is 0 Å². The van der Waals surface area contributed by atoms with E-state index in [4.69, 9.17) is 10.6 Å². The lowest BCUT2D eigenvalue weighted by molar-refractivity contribution is 0.0227. The van der Waals surface area contributed by atoms with Crippen LogP contribution in [0.2, 0.25) is 0 Å². The van der Waals surface area contributed by atoms with E-state index in [1.807, 2.05) is 20.8 Å². The Hall–Kier alpha value is -0.810. The SMILES string of the molecule is CC(C)(C)OC(=O)N1CCCC1CNN. The zero-order valence-corrected chi connectivity index (χ0v) is 9.75. The van der Waals surface area contributed by atoms with Gasteiger partial charge in [-0.15, -0.1) is 0 Å². The highest BCUT2D eigenvalue weighted by Crippen LogP contribution is 2.19. The molecule has 1 heterocycles. The maximum absolute atomic E-state index is 11.8. The lowest BCUT2D eigenvalue weighted by Crippen LogP contribution is -2.45. The molecule has 0 spiro atoms. The second-order valence-electron chi connectivity index (χ2n) is 4.88. The van der Waals surface area contributed by atoms with Gasteiger partial charge in [0.05, 0.1) is 0 Å². The molecule has 1 saturated heterocycles. The number of hydrogen-bond acceptors (Lipinski definition) is 4. The van der Waals surface area contributed by atoms with Gasteiger partial charge in [-0.25, -0.2) is 4.79 Å². The highest BCUT2D eigenvalue weighted by molar-refractivity contribution is 5.69. The van der Waals surface area contributed by atoms with E-state index in [9.17, 15) is 4.79 Å². The Morgan fingerprint density at radius 3 is 2.80 bits per heavy atom. The summed E-state index contributed by atoms with van der Waals surface area (Å²) in [5.74, 6) is 5.27. The van der Waals surface area contributed by atoms with Crippen LogP contribution in [0.4, 0.5) is 4.79 Å². The van der Waals surface area contributed by atoms with Crippen molar-refractivity contribution >= 4 is 6.09 Å². The molecule has 0 saturated carbocycles. The zero-order valence-electron chi connectivity index (χ0n) is 9.75. The van der Waals surface area contributed by atoms with Gasteiger partial charge in [-0.05, 0) is 33.6 Å². The second-order valence-corrected chi connectivity index (χ2v) is 4.88. The summed E-state index contributed by atoms with van der Waals surface area (Å²) in [4.78, 5) is 13.5. The topological polar surface area (TPSA) is 67.6 Å². The molecule has 1 aliphatic heterocycles. The van der Waals surface area contributed by atoms with Gasteiger partial charge in [0, 0.05) is 19.1 Å². The number of nitrogens with two attached hydrogens (primary N) is 1. The number of ether oxygens (including phenoxy) is 1. The fourth-order valence-corrected chi connectivity index (χ4v) is 1.74. The summed E-state index contributed by atoms with van der Waals surface area (Å²) in [7, 11) is 0. The van der Waals surface area contributed by atoms with E-state index >= 15 is 0 Å². The minimum atomic E-state index is -0.430. The van der Waals surface area contributed by atoms with Crippen LogP contribution in [0.5, 0.6) is 0 Å². The largest absolute Gasteiger partial charge is 0.444 e. The highest BCUT2D eigenvalue weighted by atomic mass is 16.6. The molecule has 1 aliphatic rings. The normalized spacial score (nSPS) is 21.9. The van der Waals surface area contributed by atoms with E-state index in [2.05, 4.69) is 5.43 Å². The summed E-state index contributed by atoms with van der Waals surface area (Å²) >= 11 is 0. The van der Waals surface area contributed by atoms with Crippen molar-refractivity contribution in [3.63, 3.8) is 0 Å². The van der Waals surface area contributed by atoms with Gasteiger partial charge < -0.3 is 9.64 Å². The summed E-state index contributed by atoms with van der Waals surface area (Å²) in [6.07, 6.45) is 1.77. The van der Waals surface area contributed by atoms with Crippen molar-refractivity contribution in [2.75, 3.05) is 13.1 Å². The maximum atomic E-state index is 11.8. The molecular weight excluding hydrogens is 194 g/mol. The van der Waals surface area contributed by atoms with Gasteiger partial charge in [0.15, 0.2) is 0 Å². The Bertz CT molecular complexity index is 225. The van der Waals surface area contributed by atoms with Crippen LogP contribution in [0, 0.1) is 0 Å². The molecule has 0 aromatic carbocycles. The zero-order chi connectivity index (χ0) is 11.5. The molecule has 5 nitrogen and oxygen atoms in total. The molecule has 0 aromatic heterocycles. The van der Waals surface area contributed by atoms with E-state index in [-0.39, 0.29) is 12.1 Å². The molecule has 5 heteroatoms. The molecule has 0 radical (unpaired) electrons. The number of amides is 1. The molecule has 1 unspecified atom stereocenters. The molecule has 1 fully saturated rings. The van der Waals surface area contributed by atoms with Crippen LogP contribution in [0.15, 0.2) is 0 Å². The molecule has 1 amide bonds. The van der Waals surface area contributed by atoms with Gasteiger partial charge in [-0.1, -0.05) is 0 Å². The Balaban J connectivity index is 2.51. The fourth-order valence-electron chi connectivity index (χ4n) is 1.74. The van der Waals surface area contributed by atoms with Gasteiger partial charge >= 0.3 is 6.09 Å². The number of likely N-dealkylation sites (tertiary alicyclic amines) is 1. The second kappa shape index (κ2) is 4.81. The highest BCUT2D eigenvalue weighted by Gasteiger charge is 2.31. The summed E-state index contributed by atoms with van der Waals surface area (Å²) in [6, 6.07) is 0.171. The standard InChI is InChI=1S/C10H21N3O2/c1-10(2,3)15-9(14)13-6-4-5-8(13)7-12-11/h8,12H,4-7,11H2,1-3H3. The molecule has 3 N–H and O–H groups in total. The van der Waals surface area contributed by atoms with Crippen molar-refractivity contribution in [2.24, 2.45) is 5.84 Å². The molecule has 0 aromatic rings. The molecule has 0 aliphatic carbocycles. The number of carbonyl (C=O) groups excluding carboxylic acids is 1. The summed E-state index contributed by atoms with van der Waals surface area (Å²) in [5.41, 5.74) is 2.18. The average Bonchev–Trinajstić information content (AvgIpc) is 2.49. The van der Waals surface area contributed by atoms with Crippen molar-refractivity contribution in [3.05, 3.63) is 0 Å². The number of nitrogens with zero attached hydrogens (tertiary/aromatic N) is 1. The van der Waals surface area contributed by atoms with E-state index < -0.39 is 5.60 Å². The van der Waals surface area contributed by atoms with Crippen molar-refractivity contribution in [2.45, 2.75) is 45.3 Å². The van der Waals surface area contributed by atoms with Gasteiger partial charge in [0.2, 0.25) is 0 Å². The van der Waals surface area contributed by atoms with Crippen LogP contribution in [0.3, 0.4) is 0 Å². The third-order valence-corrected chi connectivity index (χ3v) is 2.36. The molecule has 1 rings (SSSR count). The van der Waals surface area contributed by atoms with Crippen molar-refractivity contribution in [1.29, 1.82) is 0 Å². The molecule has 1 atom stereocenters. The Kier molecular flexibility index (Phi) is 3.93. The van der Waals surface area contributed by atoms with Gasteiger partial charge in [0.1, 0.15) is 5.60 Å². The first-order valence-corrected chi connectivity index (χ1v) is 5.37. The van der Waals surface area contributed by atoms with Crippen LogP contribution in [0.1, 0.15) is 33.6 Å². The number of rotatable bonds is 2. The molecule has 0 bridgehead atoms. The summed E-state index contributed by atoms with van der Waals surface area (Å²) in [5, 5.41) is 0. The monoisotopic (exact) mass is 215 g/mol. The van der Waals surface area contributed by atoms with E-state index in [1.54, 1.807) is 4.90 Å². The Morgan fingerprint density at radius 2 is 2.27 bits per heavy atom. The predicted molar refractivity (Wildman–Crippen MR) is 58.2 cm³/mol. The van der Waals surface area contributed by atoms with Crippen LogP contribution in [-0.2, 0) is 4.74 Å². The maximum Gasteiger partial charge on any atom is 0.410 e. The molecular formula is C10H21N3O2. The average molecular weight is 215 g/mol. The first-order chi connectivity index (χ1) is 6.94. The van der Waals surface area contributed by atoms with Crippen molar-refractivity contribution in [1.82, 2.24) is 10.3 Å². The minimum Gasteiger partial charge on any atom is -0.444 e. The minimum absolute atomic E-state index is 0.171. The number of nitrogens with one attached hydrogen (secondary N) is 1. The third-order valence-electron chi connectivity index (χ3n) is 2.36. The first kappa shape index (κ1) is 12.3. The van der Waals surface area contributed by atoms with E-state index in [0.29, 0.717) is 6.54 Å². The molecule has 88 valence electrons. The lowest BCUT2D eigenvalue weighted by atomic mass is 10.2. The lowest BCUT2D eigenvalue weighted by Gasteiger charge is -2.28. The number of hydrazine groups is 1. The Labute approximate surface area is 90.9 Å². The van der Waals surface area contributed by atoms with Crippen LogP contribution >= 0.6 is 0 Å².